The fraction of sp³-hybridized carbons (Fsp3) is 0.0690. The van der Waals surface area contributed by atoms with E-state index in [4.69, 9.17) is 0 Å². The van der Waals surface area contributed by atoms with Crippen molar-refractivity contribution in [2.45, 2.75) is 23.6 Å². The van der Waals surface area contributed by atoms with Crippen LogP contribution in [0.3, 0.4) is 0 Å². The van der Waals surface area contributed by atoms with Gasteiger partial charge in [0.25, 0.3) is 0 Å². The minimum absolute atomic E-state index is 0. The van der Waals surface area contributed by atoms with Crippen LogP contribution in [0.2, 0.25) is 0 Å². The van der Waals surface area contributed by atoms with Crippen molar-refractivity contribution < 1.29 is 263 Å². The van der Waals surface area contributed by atoms with Crippen LogP contribution in [-0.2, 0) is 19.5 Å². The number of azo groups is 1. The number of anilines is 4. The first-order chi connectivity index (χ1) is 23.8. The molecular formula is C29H21K4N7O12S2. The number of carbonyl (C=O) groups is 2. The van der Waals surface area contributed by atoms with E-state index in [1.165, 1.54) is 48.5 Å². The molecule has 0 atom stereocenters. The van der Waals surface area contributed by atoms with Crippen LogP contribution < -0.4 is 232 Å². The summed E-state index contributed by atoms with van der Waals surface area (Å²) in [6.07, 6.45) is 0. The van der Waals surface area contributed by atoms with Crippen LogP contribution in [0.4, 0.5) is 34.6 Å². The van der Waals surface area contributed by atoms with E-state index in [9.17, 15) is 48.2 Å². The Morgan fingerprint density at radius 1 is 0.796 bits per heavy atom. The average molecular weight is 880 g/mol. The summed E-state index contributed by atoms with van der Waals surface area (Å²) in [7, 11) is -5.16. The molecule has 260 valence electrons. The maximum absolute atomic E-state index is 12.1. The van der Waals surface area contributed by atoms with Gasteiger partial charge in [-0.05, 0) is 35.7 Å². The van der Waals surface area contributed by atoms with E-state index < -0.39 is 56.3 Å². The van der Waals surface area contributed by atoms with E-state index in [1.54, 1.807) is 0 Å². The van der Waals surface area contributed by atoms with Gasteiger partial charge >= 0.3 is 212 Å². The van der Waals surface area contributed by atoms with E-state index in [2.05, 4.69) is 45.2 Å². The first kappa shape index (κ1) is 54.6. The van der Waals surface area contributed by atoms with Gasteiger partial charge in [-0.3, -0.25) is 5.04 Å². The maximum Gasteiger partial charge on any atom is 1.00 e. The number of hydrogen-bond donors (Lipinski definition) is 4. The zero-order valence-corrected chi connectivity index (χ0v) is 43.5. The number of phenolic OH excluding ortho intramolecular Hbond substituents is 1. The second-order valence-corrected chi connectivity index (χ2v) is 11.3. The summed E-state index contributed by atoms with van der Waals surface area (Å²) in [5, 5.41) is 71.1. The minimum Gasteiger partial charge on any atom is -0.744 e. The van der Waals surface area contributed by atoms with Crippen molar-refractivity contribution in [3.05, 3.63) is 77.9 Å². The van der Waals surface area contributed by atoms with Gasteiger partial charge < -0.3 is 50.5 Å². The number of carbonyl (C=O) groups excluding carboxylic acids is 2. The normalized spacial score (nSPS) is 10.4. The van der Waals surface area contributed by atoms with Gasteiger partial charge in [0.05, 0.1) is 45.1 Å². The summed E-state index contributed by atoms with van der Waals surface area (Å²) >= 11 is 0.207. The molecule has 0 spiro atoms. The first-order valence-electron chi connectivity index (χ1n) is 13.8. The summed E-state index contributed by atoms with van der Waals surface area (Å²) in [6, 6.07) is 12.7. The Morgan fingerprint density at radius 3 is 1.93 bits per heavy atom. The van der Waals surface area contributed by atoms with Crippen molar-refractivity contribution >= 4 is 79.5 Å². The number of carboxylic acids is 2. The number of benzene rings is 4. The molecule has 0 saturated heterocycles. The van der Waals surface area contributed by atoms with Crippen LogP contribution in [0.1, 0.15) is 34.6 Å². The second-order valence-electron chi connectivity index (χ2n) is 9.18. The van der Waals surface area contributed by atoms with E-state index in [-0.39, 0.29) is 261 Å². The van der Waals surface area contributed by atoms with E-state index in [0.717, 1.165) is 18.2 Å². The molecule has 0 unspecified atom stereocenters. The number of aromatic carboxylic acids is 2. The molecule has 0 aliphatic carbocycles. The quantitative estimate of drug-likeness (QED) is 0.0226. The number of hydrogen-bond acceptors (Lipinski definition) is 20. The van der Waals surface area contributed by atoms with E-state index >= 15 is 0 Å². The van der Waals surface area contributed by atoms with Crippen LogP contribution in [0.25, 0.3) is 10.8 Å². The van der Waals surface area contributed by atoms with Crippen molar-refractivity contribution in [2.75, 3.05) is 10.6 Å². The van der Waals surface area contributed by atoms with Gasteiger partial charge in [0, 0.05) is 22.2 Å². The molecule has 0 bridgehead atoms. The second kappa shape index (κ2) is 25.9. The van der Waals surface area contributed by atoms with Crippen LogP contribution in [0.15, 0.2) is 86.7 Å². The molecule has 4 N–H and O–H groups in total. The van der Waals surface area contributed by atoms with Crippen LogP contribution in [0, 0.1) is 0 Å². The molecule has 19 nitrogen and oxygen atoms in total. The summed E-state index contributed by atoms with van der Waals surface area (Å²) in [5.41, 5.74) is -1.65. The van der Waals surface area contributed by atoms with Gasteiger partial charge in [0.1, 0.15) is 15.8 Å². The van der Waals surface area contributed by atoms with Crippen molar-refractivity contribution in [3.63, 3.8) is 0 Å². The topological polar surface area (TPSA) is 307 Å². The monoisotopic (exact) mass is 879 g/mol. The summed E-state index contributed by atoms with van der Waals surface area (Å²) in [4.78, 5) is 33.4. The van der Waals surface area contributed by atoms with Gasteiger partial charge in [-0.1, -0.05) is 50.2 Å². The standard InChI is InChI=1S/C27H19N7O12S2.C2H6.4K/c35-22-20-12(10-19(47-46-45-41)21(22)34-33-17-8-4-2-6-15(17)24(38)39)9-13(48(42,43)44)11-18(20)29-26-30-25(31-27(40)32-26)28-16-7-3-1-5-14(16)23(36)37;1-2;;;;/h1-11,35,41H,(H,36,37)(H,38,39)(H,42,43,44)(H3,28,29,30,31,32,40);1-2H3;;;;/q;;4*+1/p-4. The fourth-order valence-electron chi connectivity index (χ4n) is 4.24. The third-order valence-corrected chi connectivity index (χ3v) is 7.64. The predicted octanol–water partition coefficient (Wildman–Crippen LogP) is -9.76. The molecule has 1 heterocycles. The van der Waals surface area contributed by atoms with Gasteiger partial charge in [-0.25, -0.2) is 8.42 Å². The van der Waals surface area contributed by atoms with E-state index in [0.29, 0.717) is 0 Å². The number of aromatic hydroxyl groups is 2. The third kappa shape index (κ3) is 14.7. The number of carboxylic acid groups (broad SMARTS) is 2. The molecule has 0 saturated carbocycles. The molecule has 25 heteroatoms. The summed E-state index contributed by atoms with van der Waals surface area (Å²) in [6.45, 7) is 4.00. The third-order valence-electron chi connectivity index (χ3n) is 6.21. The van der Waals surface area contributed by atoms with Crippen molar-refractivity contribution in [1.29, 1.82) is 0 Å². The van der Waals surface area contributed by atoms with Gasteiger partial charge in [0.15, 0.2) is 5.75 Å². The molecule has 0 aliphatic heterocycles. The molecule has 1 aromatic heterocycles. The van der Waals surface area contributed by atoms with E-state index in [1.807, 2.05) is 13.8 Å². The van der Waals surface area contributed by atoms with Gasteiger partial charge in [-0.2, -0.15) is 19.3 Å². The largest absolute Gasteiger partial charge is 1.00 e. The Hall–Kier alpha value is 0.575. The zero-order valence-electron chi connectivity index (χ0n) is 29.4. The number of rotatable bonds is 12. The Balaban J connectivity index is 0.00000460. The number of aromatic nitrogens is 3. The minimum atomic E-state index is -5.16. The van der Waals surface area contributed by atoms with Gasteiger partial charge in [-0.15, -0.1) is 10.2 Å². The van der Waals surface area contributed by atoms with Crippen molar-refractivity contribution in [2.24, 2.45) is 10.2 Å². The molecule has 0 fully saturated rings. The van der Waals surface area contributed by atoms with Crippen LogP contribution in [-0.4, -0.2) is 50.1 Å². The number of nitrogens with zero attached hydrogens (tertiary/aromatic N) is 5. The molecule has 0 aliphatic rings. The Kier molecular flexibility index (Phi) is 26.2. The molecule has 4 aromatic carbocycles. The molecule has 5 rings (SSSR count). The SMILES string of the molecule is CC.O=C([O-])c1ccccc1N=Nc1c(SOO[O-])cc2cc(S(=O)(=O)[O-])cc(Nc3nc(O)nc(Nc4ccccc4C(=O)[O-])n3)c2c1O.[K+].[K+].[K+].[K+]. The smallest absolute Gasteiger partial charge is 0.744 e. The molecular weight excluding hydrogens is 859 g/mol. The van der Waals surface area contributed by atoms with Crippen molar-refractivity contribution in [1.82, 2.24) is 15.0 Å². The number of fused-ring (bicyclic) bond motifs is 1. The Morgan fingerprint density at radius 2 is 1.35 bits per heavy atom. The predicted molar refractivity (Wildman–Crippen MR) is 167 cm³/mol. The first-order valence-corrected chi connectivity index (χ1v) is 15.9. The molecule has 0 amide bonds. The van der Waals surface area contributed by atoms with Gasteiger partial charge in [0.2, 0.25) is 11.9 Å². The average Bonchev–Trinajstić information content (AvgIpc) is 3.07. The maximum atomic E-state index is 12.1. The Labute approximate surface area is 481 Å². The number of nitrogens with one attached hydrogen (secondary N) is 2. The van der Waals surface area contributed by atoms with Crippen molar-refractivity contribution in [3.8, 4) is 11.8 Å². The summed E-state index contributed by atoms with van der Waals surface area (Å²) < 4.78 is 40.5. The molecule has 0 radical (unpaired) electrons. The number of para-hydroxylation sites is 1. The number of phenols is 1. The van der Waals surface area contributed by atoms with Crippen LogP contribution in [0.5, 0.6) is 11.8 Å². The van der Waals surface area contributed by atoms with Crippen LogP contribution >= 0.6 is 12.0 Å². The zero-order chi connectivity index (χ0) is 36.6. The molecule has 5 aromatic rings. The fourth-order valence-corrected chi connectivity index (χ4v) is 5.26. The molecule has 54 heavy (non-hydrogen) atoms. The Bertz CT molecular complexity index is 2240. The summed E-state index contributed by atoms with van der Waals surface area (Å²) in [5.74, 6) is -4.77.